The summed E-state index contributed by atoms with van der Waals surface area (Å²) in [6, 6.07) is 4.71. The van der Waals surface area contributed by atoms with E-state index >= 15 is 0 Å². The zero-order chi connectivity index (χ0) is 9.42. The summed E-state index contributed by atoms with van der Waals surface area (Å²) in [4.78, 5) is 10.0. The maximum atomic E-state index is 10.4. The molecule has 1 aliphatic rings. The fourth-order valence-corrected chi connectivity index (χ4v) is 1.72. The Labute approximate surface area is 82.4 Å². The monoisotopic (exact) mass is 243 g/mol. The molecule has 0 saturated heterocycles. The molecule has 0 bridgehead atoms. The number of anilines is 1. The molecular weight excluding hydrogens is 238 g/mol. The van der Waals surface area contributed by atoms with Gasteiger partial charge in [0.25, 0.3) is 5.69 Å². The zero-order valence-corrected chi connectivity index (χ0v) is 8.04. The van der Waals surface area contributed by atoms with Crippen LogP contribution in [-0.4, -0.2) is 4.92 Å². The minimum atomic E-state index is -0.413. The van der Waals surface area contributed by atoms with Crippen molar-refractivity contribution < 1.29 is 4.92 Å². The Bertz CT molecular complexity index is 369. The predicted octanol–water partition coefficient (Wildman–Crippen LogP) is 1.92. The Balaban J connectivity index is 2.45. The van der Waals surface area contributed by atoms with Gasteiger partial charge in [-0.25, -0.2) is 5.43 Å². The Morgan fingerprint density at radius 2 is 2.31 bits per heavy atom. The van der Waals surface area contributed by atoms with E-state index in [1.165, 1.54) is 12.1 Å². The minimum Gasteiger partial charge on any atom is -0.320 e. The molecule has 1 aromatic carbocycles. The van der Waals surface area contributed by atoms with Crippen LogP contribution in [0.25, 0.3) is 0 Å². The normalized spacial score (nSPS) is 19.3. The van der Waals surface area contributed by atoms with E-state index in [9.17, 15) is 10.1 Å². The van der Waals surface area contributed by atoms with E-state index in [0.717, 1.165) is 11.3 Å². The lowest BCUT2D eigenvalue weighted by atomic mass is 10.2. The number of hydrogen-bond acceptors (Lipinski definition) is 4. The largest absolute Gasteiger partial charge is 0.320 e. The van der Waals surface area contributed by atoms with Gasteiger partial charge in [0, 0.05) is 17.7 Å². The van der Waals surface area contributed by atoms with Crippen LogP contribution in [0, 0.1) is 10.1 Å². The summed E-state index contributed by atoms with van der Waals surface area (Å²) in [7, 11) is 0. The number of hydrogen-bond donors (Lipinski definition) is 2. The third-order valence-electron chi connectivity index (χ3n) is 1.85. The van der Waals surface area contributed by atoms with Crippen LogP contribution in [0.15, 0.2) is 18.2 Å². The highest BCUT2D eigenvalue weighted by Gasteiger charge is 2.21. The smallest absolute Gasteiger partial charge is 0.271 e. The van der Waals surface area contributed by atoms with Crippen molar-refractivity contribution in [3.63, 3.8) is 0 Å². The average Bonchev–Trinajstić information content (AvgIpc) is 2.47. The second kappa shape index (κ2) is 2.97. The first-order valence-corrected chi connectivity index (χ1v) is 4.54. The molecule has 2 rings (SSSR count). The molecule has 0 aliphatic carbocycles. The van der Waals surface area contributed by atoms with E-state index in [1.807, 2.05) is 0 Å². The second-order valence-corrected chi connectivity index (χ2v) is 3.58. The van der Waals surface area contributed by atoms with Crippen molar-refractivity contribution in [2.75, 3.05) is 5.43 Å². The van der Waals surface area contributed by atoms with Gasteiger partial charge in [-0.05, 0) is 6.07 Å². The first-order chi connectivity index (χ1) is 6.18. The maximum absolute atomic E-state index is 10.4. The first kappa shape index (κ1) is 8.46. The van der Waals surface area contributed by atoms with Crippen LogP contribution in [-0.2, 0) is 0 Å². The number of nitro groups is 1. The molecule has 6 heteroatoms. The van der Waals surface area contributed by atoms with Crippen molar-refractivity contribution in [3.8, 4) is 0 Å². The van der Waals surface area contributed by atoms with Gasteiger partial charge in [0.1, 0.15) is 4.95 Å². The van der Waals surface area contributed by atoms with Gasteiger partial charge in [0.15, 0.2) is 0 Å². The quantitative estimate of drug-likeness (QED) is 0.342. The number of fused-ring (bicyclic) bond motifs is 1. The fourth-order valence-electron chi connectivity index (χ4n) is 1.21. The highest BCUT2D eigenvalue weighted by molar-refractivity contribution is 9.09. The molecule has 68 valence electrons. The van der Waals surface area contributed by atoms with E-state index in [1.54, 1.807) is 6.07 Å². The number of hydrazine groups is 1. The van der Waals surface area contributed by atoms with E-state index in [-0.39, 0.29) is 10.6 Å². The molecule has 0 saturated carbocycles. The molecule has 1 heterocycles. The molecular formula is C7H6BrN3O2. The van der Waals surface area contributed by atoms with Crippen LogP contribution in [0.4, 0.5) is 11.4 Å². The van der Waals surface area contributed by atoms with Crippen molar-refractivity contribution >= 4 is 27.3 Å². The van der Waals surface area contributed by atoms with E-state index in [0.29, 0.717) is 0 Å². The number of alkyl halides is 1. The Morgan fingerprint density at radius 3 is 3.00 bits per heavy atom. The SMILES string of the molecule is O=[N+]([O-])c1ccc2c(c1)NNC2Br. The summed E-state index contributed by atoms with van der Waals surface area (Å²) in [5, 5.41) is 10.4. The van der Waals surface area contributed by atoms with Gasteiger partial charge < -0.3 is 5.43 Å². The number of nitrogens with zero attached hydrogens (tertiary/aromatic N) is 1. The first-order valence-electron chi connectivity index (χ1n) is 3.62. The number of nitrogens with one attached hydrogen (secondary N) is 2. The summed E-state index contributed by atoms with van der Waals surface area (Å²) in [5.74, 6) is 0. The van der Waals surface area contributed by atoms with Crippen LogP contribution >= 0.6 is 15.9 Å². The molecule has 0 fully saturated rings. The summed E-state index contributed by atoms with van der Waals surface area (Å²) in [5.41, 5.74) is 7.55. The lowest BCUT2D eigenvalue weighted by Crippen LogP contribution is -2.13. The molecule has 1 aliphatic heterocycles. The van der Waals surface area contributed by atoms with Crippen LogP contribution in [0.3, 0.4) is 0 Å². The van der Waals surface area contributed by atoms with Crippen molar-refractivity contribution in [3.05, 3.63) is 33.9 Å². The zero-order valence-electron chi connectivity index (χ0n) is 6.45. The molecule has 1 unspecified atom stereocenters. The molecule has 0 aromatic heterocycles. The number of non-ortho nitro benzene ring substituents is 1. The topological polar surface area (TPSA) is 67.2 Å². The van der Waals surface area contributed by atoms with Crippen LogP contribution in [0.1, 0.15) is 10.5 Å². The standard InChI is InChI=1S/C7H6BrN3O2/c8-7-5-2-1-4(11(12)13)3-6(5)9-10-7/h1-3,7,9-10H. The molecule has 2 N–H and O–H groups in total. The van der Waals surface area contributed by atoms with Crippen molar-refractivity contribution in [2.45, 2.75) is 4.95 Å². The summed E-state index contributed by atoms with van der Waals surface area (Å²) in [6.45, 7) is 0. The van der Waals surface area contributed by atoms with Gasteiger partial charge in [-0.15, -0.1) is 0 Å². The molecule has 0 radical (unpaired) electrons. The molecule has 13 heavy (non-hydrogen) atoms. The molecule has 0 spiro atoms. The number of rotatable bonds is 1. The number of nitro benzene ring substituents is 1. The third-order valence-corrected chi connectivity index (χ3v) is 2.58. The van der Waals surface area contributed by atoms with Gasteiger partial charge in [0.2, 0.25) is 0 Å². The van der Waals surface area contributed by atoms with Crippen molar-refractivity contribution in [1.82, 2.24) is 5.43 Å². The Morgan fingerprint density at radius 1 is 1.54 bits per heavy atom. The average molecular weight is 244 g/mol. The fraction of sp³-hybridized carbons (Fsp3) is 0.143. The summed E-state index contributed by atoms with van der Waals surface area (Å²) in [6.07, 6.45) is 0. The van der Waals surface area contributed by atoms with Gasteiger partial charge in [-0.1, -0.05) is 15.9 Å². The number of benzene rings is 1. The number of halogens is 1. The minimum absolute atomic E-state index is 0.0169. The van der Waals surface area contributed by atoms with E-state index in [2.05, 4.69) is 26.8 Å². The molecule has 1 atom stereocenters. The second-order valence-electron chi connectivity index (χ2n) is 2.66. The molecule has 0 amide bonds. The van der Waals surface area contributed by atoms with E-state index in [4.69, 9.17) is 0 Å². The van der Waals surface area contributed by atoms with Crippen LogP contribution in [0.2, 0.25) is 0 Å². The molecule has 1 aromatic rings. The lowest BCUT2D eigenvalue weighted by molar-refractivity contribution is -0.384. The van der Waals surface area contributed by atoms with Crippen molar-refractivity contribution in [1.29, 1.82) is 0 Å². The Hall–Kier alpha value is -1.14. The summed E-state index contributed by atoms with van der Waals surface area (Å²) >= 11 is 3.36. The van der Waals surface area contributed by atoms with Gasteiger partial charge in [-0.3, -0.25) is 10.1 Å². The van der Waals surface area contributed by atoms with Gasteiger partial charge in [-0.2, -0.15) is 0 Å². The summed E-state index contributed by atoms with van der Waals surface area (Å²) < 4.78 is 0. The highest BCUT2D eigenvalue weighted by atomic mass is 79.9. The lowest BCUT2D eigenvalue weighted by Gasteiger charge is -1.98. The van der Waals surface area contributed by atoms with Gasteiger partial charge in [0.05, 0.1) is 10.6 Å². The third kappa shape index (κ3) is 1.38. The molecule has 5 nitrogen and oxygen atoms in total. The predicted molar refractivity (Wildman–Crippen MR) is 51.5 cm³/mol. The van der Waals surface area contributed by atoms with Gasteiger partial charge >= 0.3 is 0 Å². The van der Waals surface area contributed by atoms with Crippen molar-refractivity contribution in [2.24, 2.45) is 0 Å². The Kier molecular flexibility index (Phi) is 1.93. The van der Waals surface area contributed by atoms with Crippen LogP contribution < -0.4 is 10.9 Å². The highest BCUT2D eigenvalue weighted by Crippen LogP contribution is 2.34. The maximum Gasteiger partial charge on any atom is 0.271 e. The van der Waals surface area contributed by atoms with E-state index < -0.39 is 4.92 Å². The van der Waals surface area contributed by atoms with Crippen LogP contribution in [0.5, 0.6) is 0 Å².